The number of hydrogen-bond donors (Lipinski definition) is 1. The quantitative estimate of drug-likeness (QED) is 0.908. The van der Waals surface area contributed by atoms with Crippen LogP contribution >= 0.6 is 12.4 Å². The van der Waals surface area contributed by atoms with Crippen molar-refractivity contribution in [3.05, 3.63) is 65.0 Å². The number of rotatable bonds is 3. The molecule has 0 spiro atoms. The fraction of sp³-hybridized carbons (Fsp3) is 0.316. The Morgan fingerprint density at radius 3 is 2.76 bits per heavy atom. The fourth-order valence-corrected chi connectivity index (χ4v) is 3.12. The molecule has 6 heteroatoms. The summed E-state index contributed by atoms with van der Waals surface area (Å²) < 4.78 is 18.8. The van der Waals surface area contributed by atoms with Gasteiger partial charge in [0.05, 0.1) is 13.2 Å². The fourth-order valence-electron chi connectivity index (χ4n) is 3.12. The van der Waals surface area contributed by atoms with E-state index in [4.69, 9.17) is 4.74 Å². The first-order valence-electron chi connectivity index (χ1n) is 8.02. The largest absolute Gasteiger partial charge is 0.497 e. The number of carbonyl (C=O) groups is 1. The van der Waals surface area contributed by atoms with E-state index in [1.807, 2.05) is 24.0 Å². The summed E-state index contributed by atoms with van der Waals surface area (Å²) in [6, 6.07) is 11.7. The second-order valence-corrected chi connectivity index (χ2v) is 5.95. The Balaban J connectivity index is 0.00000225. The minimum Gasteiger partial charge on any atom is -0.497 e. The van der Waals surface area contributed by atoms with E-state index in [9.17, 15) is 9.18 Å². The van der Waals surface area contributed by atoms with Crippen molar-refractivity contribution in [1.82, 2.24) is 10.2 Å². The highest BCUT2D eigenvalue weighted by atomic mass is 35.5. The third kappa shape index (κ3) is 4.11. The van der Waals surface area contributed by atoms with E-state index in [1.165, 1.54) is 12.1 Å². The molecule has 1 fully saturated rings. The molecule has 134 valence electrons. The molecular weight excluding hydrogens is 343 g/mol. The number of hydrogen-bond acceptors (Lipinski definition) is 3. The van der Waals surface area contributed by atoms with Crippen molar-refractivity contribution in [3.8, 4) is 5.75 Å². The molecule has 2 aromatic carbocycles. The average molecular weight is 365 g/mol. The maximum absolute atomic E-state index is 13.6. The van der Waals surface area contributed by atoms with Gasteiger partial charge in [0.25, 0.3) is 5.91 Å². The van der Waals surface area contributed by atoms with E-state index in [2.05, 4.69) is 5.32 Å². The summed E-state index contributed by atoms with van der Waals surface area (Å²) in [5.74, 6) is 0.406. The molecule has 2 aromatic rings. The first-order chi connectivity index (χ1) is 11.6. The van der Waals surface area contributed by atoms with Crippen molar-refractivity contribution in [2.24, 2.45) is 0 Å². The third-order valence-electron chi connectivity index (χ3n) is 4.40. The molecule has 0 aliphatic carbocycles. The lowest BCUT2D eigenvalue weighted by atomic mass is 10.0. The molecule has 1 unspecified atom stereocenters. The zero-order valence-corrected chi connectivity index (χ0v) is 15.1. The lowest BCUT2D eigenvalue weighted by molar-refractivity contribution is 0.0633. The molecule has 1 aliphatic heterocycles. The van der Waals surface area contributed by atoms with Gasteiger partial charge in [-0.1, -0.05) is 12.1 Å². The zero-order chi connectivity index (χ0) is 17.1. The molecule has 0 saturated carbocycles. The summed E-state index contributed by atoms with van der Waals surface area (Å²) in [6.07, 6.45) is 0. The molecule has 0 aromatic heterocycles. The van der Waals surface area contributed by atoms with Gasteiger partial charge in [0.1, 0.15) is 11.6 Å². The van der Waals surface area contributed by atoms with Crippen LogP contribution in [-0.2, 0) is 0 Å². The van der Waals surface area contributed by atoms with Gasteiger partial charge in [-0.3, -0.25) is 4.79 Å². The Morgan fingerprint density at radius 2 is 2.08 bits per heavy atom. The molecule has 3 rings (SSSR count). The second-order valence-electron chi connectivity index (χ2n) is 5.95. The number of halogens is 2. The lowest BCUT2D eigenvalue weighted by Gasteiger charge is -2.37. The van der Waals surface area contributed by atoms with Crippen molar-refractivity contribution < 1.29 is 13.9 Å². The number of benzene rings is 2. The van der Waals surface area contributed by atoms with E-state index in [-0.39, 0.29) is 30.2 Å². The van der Waals surface area contributed by atoms with E-state index in [0.29, 0.717) is 18.7 Å². The molecule has 1 amide bonds. The van der Waals surface area contributed by atoms with Gasteiger partial charge in [-0.15, -0.1) is 12.4 Å². The molecular formula is C19H22ClFN2O2. The van der Waals surface area contributed by atoms with Crippen LogP contribution < -0.4 is 10.1 Å². The van der Waals surface area contributed by atoms with Gasteiger partial charge in [0, 0.05) is 25.2 Å². The summed E-state index contributed by atoms with van der Waals surface area (Å²) in [4.78, 5) is 14.9. The normalized spacial score (nSPS) is 16.9. The van der Waals surface area contributed by atoms with Gasteiger partial charge in [-0.05, 0) is 48.4 Å². The minimum atomic E-state index is -0.286. The van der Waals surface area contributed by atoms with E-state index < -0.39 is 0 Å². The van der Waals surface area contributed by atoms with E-state index >= 15 is 0 Å². The summed E-state index contributed by atoms with van der Waals surface area (Å²) >= 11 is 0. The molecule has 1 saturated heterocycles. The van der Waals surface area contributed by atoms with Crippen molar-refractivity contribution >= 4 is 18.3 Å². The monoisotopic (exact) mass is 364 g/mol. The molecule has 1 heterocycles. The number of ether oxygens (including phenoxy) is 1. The van der Waals surface area contributed by atoms with Gasteiger partial charge >= 0.3 is 0 Å². The number of amides is 1. The van der Waals surface area contributed by atoms with Crippen molar-refractivity contribution in [1.29, 1.82) is 0 Å². The highest BCUT2D eigenvalue weighted by Gasteiger charge is 2.29. The van der Waals surface area contributed by atoms with Crippen molar-refractivity contribution in [2.45, 2.75) is 13.0 Å². The molecule has 0 bridgehead atoms. The van der Waals surface area contributed by atoms with Crippen LogP contribution in [0, 0.1) is 12.7 Å². The van der Waals surface area contributed by atoms with Gasteiger partial charge in [-0.2, -0.15) is 0 Å². The SMILES string of the molecule is COc1ccc(C(=O)N2CCNCC2c2cccc(F)c2)c(C)c1.Cl. The number of nitrogens with one attached hydrogen (secondary N) is 1. The Bertz CT molecular complexity index is 754. The molecule has 25 heavy (non-hydrogen) atoms. The number of methoxy groups -OCH3 is 1. The van der Waals surface area contributed by atoms with E-state index in [0.717, 1.165) is 23.4 Å². The molecule has 1 N–H and O–H groups in total. The van der Waals surface area contributed by atoms with Crippen LogP contribution in [-0.4, -0.2) is 37.6 Å². The number of piperazine rings is 1. The first kappa shape index (κ1) is 19.2. The van der Waals surface area contributed by atoms with Crippen LogP contribution in [0.25, 0.3) is 0 Å². The lowest BCUT2D eigenvalue weighted by Crippen LogP contribution is -2.48. The Morgan fingerprint density at radius 1 is 1.28 bits per heavy atom. The minimum absolute atomic E-state index is 0. The van der Waals surface area contributed by atoms with Gasteiger partial charge in [0.2, 0.25) is 0 Å². The smallest absolute Gasteiger partial charge is 0.254 e. The first-order valence-corrected chi connectivity index (χ1v) is 8.02. The van der Waals surface area contributed by atoms with Crippen LogP contribution in [0.5, 0.6) is 5.75 Å². The van der Waals surface area contributed by atoms with Crippen LogP contribution in [0.3, 0.4) is 0 Å². The predicted octanol–water partition coefficient (Wildman–Crippen LogP) is 3.35. The summed E-state index contributed by atoms with van der Waals surface area (Å²) in [5, 5.41) is 3.29. The van der Waals surface area contributed by atoms with Crippen molar-refractivity contribution in [2.75, 3.05) is 26.7 Å². The topological polar surface area (TPSA) is 41.6 Å². The number of nitrogens with zero attached hydrogens (tertiary/aromatic N) is 1. The highest BCUT2D eigenvalue weighted by Crippen LogP contribution is 2.26. The number of aryl methyl sites for hydroxylation is 1. The maximum Gasteiger partial charge on any atom is 0.254 e. The second kappa shape index (κ2) is 8.32. The molecule has 1 atom stereocenters. The Hall–Kier alpha value is -2.11. The molecule has 4 nitrogen and oxygen atoms in total. The maximum atomic E-state index is 13.6. The highest BCUT2D eigenvalue weighted by molar-refractivity contribution is 5.96. The standard InChI is InChI=1S/C19H21FN2O2.ClH/c1-13-10-16(24-2)6-7-17(13)19(23)22-9-8-21-12-18(22)14-4-3-5-15(20)11-14;/h3-7,10-11,18,21H,8-9,12H2,1-2H3;1H. The molecule has 1 aliphatic rings. The van der Waals surface area contributed by atoms with E-state index in [1.54, 1.807) is 25.3 Å². The van der Waals surface area contributed by atoms with Crippen LogP contribution in [0.2, 0.25) is 0 Å². The van der Waals surface area contributed by atoms with Crippen LogP contribution in [0.15, 0.2) is 42.5 Å². The Kier molecular flexibility index (Phi) is 6.39. The van der Waals surface area contributed by atoms with Crippen LogP contribution in [0.1, 0.15) is 27.5 Å². The molecule has 0 radical (unpaired) electrons. The Labute approximate surface area is 153 Å². The zero-order valence-electron chi connectivity index (χ0n) is 14.3. The van der Waals surface area contributed by atoms with Gasteiger partial charge in [0.15, 0.2) is 0 Å². The van der Waals surface area contributed by atoms with Gasteiger partial charge < -0.3 is 15.0 Å². The predicted molar refractivity (Wildman–Crippen MR) is 98.0 cm³/mol. The summed E-state index contributed by atoms with van der Waals surface area (Å²) in [7, 11) is 1.60. The third-order valence-corrected chi connectivity index (χ3v) is 4.40. The average Bonchev–Trinajstić information content (AvgIpc) is 2.61. The van der Waals surface area contributed by atoms with Crippen molar-refractivity contribution in [3.63, 3.8) is 0 Å². The van der Waals surface area contributed by atoms with Crippen LogP contribution in [0.4, 0.5) is 4.39 Å². The van der Waals surface area contributed by atoms with Gasteiger partial charge in [-0.25, -0.2) is 4.39 Å². The summed E-state index contributed by atoms with van der Waals surface area (Å²) in [6.45, 7) is 3.83. The number of carbonyl (C=O) groups excluding carboxylic acids is 1. The summed E-state index contributed by atoms with van der Waals surface area (Å²) in [5.41, 5.74) is 2.33.